The second-order valence-electron chi connectivity index (χ2n) is 2.36. The van der Waals surface area contributed by atoms with Crippen LogP contribution in [0.3, 0.4) is 0 Å². The molecule has 0 bridgehead atoms. The minimum Gasteiger partial charge on any atom is -0.363 e. The van der Waals surface area contributed by atoms with Gasteiger partial charge in [0.25, 0.3) is 0 Å². The van der Waals surface area contributed by atoms with Gasteiger partial charge < -0.3 is 15.8 Å². The van der Waals surface area contributed by atoms with E-state index in [1.54, 1.807) is 0 Å². The Hall–Kier alpha value is -1.86. The number of nitrogens with two attached hydrogens (primary N) is 1. The number of nitro groups is 1. The first-order chi connectivity index (χ1) is 6.32. The van der Waals surface area contributed by atoms with E-state index in [-0.39, 0.29) is 5.82 Å². The molecule has 0 aromatic carbocycles. The number of anilines is 1. The molecule has 1 aromatic heterocycles. The van der Waals surface area contributed by atoms with E-state index in [4.69, 9.17) is 5.73 Å². The molecule has 2 N–H and O–H groups in total. The summed E-state index contributed by atoms with van der Waals surface area (Å²) in [5.74, 6) is -1.61. The van der Waals surface area contributed by atoms with Gasteiger partial charge in [0.2, 0.25) is 5.82 Å². The predicted molar refractivity (Wildman–Crippen MR) is 40.3 cm³/mol. The fourth-order valence-electron chi connectivity index (χ4n) is 0.823. The van der Waals surface area contributed by atoms with Crippen LogP contribution in [0.4, 0.5) is 24.8 Å². The molecule has 0 amide bonds. The number of hydrogen-bond acceptors (Lipinski definition) is 4. The summed E-state index contributed by atoms with van der Waals surface area (Å²) in [7, 11) is 0. The van der Waals surface area contributed by atoms with E-state index < -0.39 is 22.5 Å². The summed E-state index contributed by atoms with van der Waals surface area (Å²) in [6, 6.07) is 1.39. The standard InChI is InChI=1S/C6H4F3N3O2/c7-6(8,9)3-1-2-4(10)11-5(3)12(13)14/h1-2H,(H2,10,11). The van der Waals surface area contributed by atoms with Crippen LogP contribution in [0.5, 0.6) is 0 Å². The number of halogens is 3. The Morgan fingerprint density at radius 1 is 1.43 bits per heavy atom. The number of nitrogen functional groups attached to an aromatic ring is 1. The van der Waals surface area contributed by atoms with Crippen LogP contribution in [0.1, 0.15) is 5.56 Å². The fourth-order valence-corrected chi connectivity index (χ4v) is 0.823. The van der Waals surface area contributed by atoms with Crippen molar-refractivity contribution in [2.45, 2.75) is 6.18 Å². The highest BCUT2D eigenvalue weighted by Crippen LogP contribution is 2.34. The molecule has 0 radical (unpaired) electrons. The molecule has 0 fully saturated rings. The highest BCUT2D eigenvalue weighted by Gasteiger charge is 2.39. The van der Waals surface area contributed by atoms with Crippen LogP contribution in [0.15, 0.2) is 12.1 Å². The maximum atomic E-state index is 12.2. The molecule has 0 atom stereocenters. The fraction of sp³-hybridized carbons (Fsp3) is 0.167. The van der Waals surface area contributed by atoms with Gasteiger partial charge >= 0.3 is 12.0 Å². The van der Waals surface area contributed by atoms with Crippen molar-refractivity contribution in [3.05, 3.63) is 27.8 Å². The van der Waals surface area contributed by atoms with Crippen molar-refractivity contribution in [1.82, 2.24) is 4.98 Å². The van der Waals surface area contributed by atoms with Crippen molar-refractivity contribution >= 4 is 11.6 Å². The topological polar surface area (TPSA) is 82.0 Å². The van der Waals surface area contributed by atoms with E-state index in [0.717, 1.165) is 6.07 Å². The van der Waals surface area contributed by atoms with Gasteiger partial charge in [-0.1, -0.05) is 0 Å². The lowest BCUT2D eigenvalue weighted by molar-refractivity contribution is -0.392. The highest BCUT2D eigenvalue weighted by molar-refractivity contribution is 5.43. The number of alkyl halides is 3. The van der Waals surface area contributed by atoms with Crippen molar-refractivity contribution in [1.29, 1.82) is 0 Å². The Morgan fingerprint density at radius 2 is 2.00 bits per heavy atom. The van der Waals surface area contributed by atoms with Crippen LogP contribution in [-0.2, 0) is 6.18 Å². The van der Waals surface area contributed by atoms with E-state index in [2.05, 4.69) is 4.98 Å². The first kappa shape index (κ1) is 10.2. The van der Waals surface area contributed by atoms with Gasteiger partial charge in [0.1, 0.15) is 0 Å². The van der Waals surface area contributed by atoms with Gasteiger partial charge in [0.05, 0.1) is 0 Å². The van der Waals surface area contributed by atoms with E-state index in [1.807, 2.05) is 0 Å². The minimum absolute atomic E-state index is 0.329. The smallest absolute Gasteiger partial charge is 0.363 e. The van der Waals surface area contributed by atoms with Crippen LogP contribution in [-0.4, -0.2) is 9.91 Å². The number of aromatic nitrogens is 1. The van der Waals surface area contributed by atoms with Crippen molar-refractivity contribution < 1.29 is 18.1 Å². The zero-order chi connectivity index (χ0) is 10.9. The third kappa shape index (κ3) is 1.90. The van der Waals surface area contributed by atoms with E-state index in [0.29, 0.717) is 6.07 Å². The SMILES string of the molecule is Nc1ccc(C(F)(F)F)c([N+](=O)[O-])n1. The average Bonchev–Trinajstić information content (AvgIpc) is 2.01. The monoisotopic (exact) mass is 207 g/mol. The molecule has 0 saturated heterocycles. The molecule has 1 rings (SSSR count). The summed E-state index contributed by atoms with van der Waals surface area (Å²) in [4.78, 5) is 12.0. The zero-order valence-corrected chi connectivity index (χ0v) is 6.58. The lowest BCUT2D eigenvalue weighted by Crippen LogP contribution is -2.11. The van der Waals surface area contributed by atoms with Crippen LogP contribution in [0, 0.1) is 10.1 Å². The molecule has 5 nitrogen and oxygen atoms in total. The van der Waals surface area contributed by atoms with Gasteiger partial charge in [-0.05, 0) is 16.0 Å². The third-order valence-electron chi connectivity index (χ3n) is 1.38. The van der Waals surface area contributed by atoms with Crippen molar-refractivity contribution in [2.75, 3.05) is 5.73 Å². The molecule has 0 aliphatic rings. The molecule has 76 valence electrons. The van der Waals surface area contributed by atoms with Crippen molar-refractivity contribution in [3.8, 4) is 0 Å². The quantitative estimate of drug-likeness (QED) is 0.559. The molecule has 14 heavy (non-hydrogen) atoms. The van der Waals surface area contributed by atoms with E-state index in [1.165, 1.54) is 0 Å². The summed E-state index contributed by atoms with van der Waals surface area (Å²) in [5.41, 5.74) is 3.62. The van der Waals surface area contributed by atoms with Gasteiger partial charge in [-0.25, -0.2) is 0 Å². The second-order valence-corrected chi connectivity index (χ2v) is 2.36. The van der Waals surface area contributed by atoms with Gasteiger partial charge in [0, 0.05) is 6.07 Å². The normalized spacial score (nSPS) is 11.4. The first-order valence-electron chi connectivity index (χ1n) is 3.30. The largest absolute Gasteiger partial charge is 0.424 e. The molecule has 0 aliphatic carbocycles. The van der Waals surface area contributed by atoms with Gasteiger partial charge in [-0.15, -0.1) is 0 Å². The van der Waals surface area contributed by atoms with Crippen molar-refractivity contribution in [2.24, 2.45) is 0 Å². The van der Waals surface area contributed by atoms with Crippen LogP contribution < -0.4 is 5.73 Å². The minimum atomic E-state index is -4.80. The zero-order valence-electron chi connectivity index (χ0n) is 6.58. The van der Waals surface area contributed by atoms with E-state index in [9.17, 15) is 23.3 Å². The summed E-state index contributed by atoms with van der Waals surface area (Å²) >= 11 is 0. The number of rotatable bonds is 1. The predicted octanol–water partition coefficient (Wildman–Crippen LogP) is 1.59. The molecule has 1 heterocycles. The molecule has 0 unspecified atom stereocenters. The van der Waals surface area contributed by atoms with Crippen LogP contribution >= 0.6 is 0 Å². The Balaban J connectivity index is 3.37. The maximum Gasteiger partial charge on any atom is 0.424 e. The summed E-state index contributed by atoms with van der Waals surface area (Å²) in [6.45, 7) is 0. The van der Waals surface area contributed by atoms with Crippen molar-refractivity contribution in [3.63, 3.8) is 0 Å². The number of nitrogens with zero attached hydrogens (tertiary/aromatic N) is 2. The third-order valence-corrected chi connectivity index (χ3v) is 1.38. The summed E-state index contributed by atoms with van der Waals surface area (Å²) < 4.78 is 36.5. The molecule has 0 spiro atoms. The lowest BCUT2D eigenvalue weighted by atomic mass is 10.2. The lowest BCUT2D eigenvalue weighted by Gasteiger charge is -2.05. The highest BCUT2D eigenvalue weighted by atomic mass is 19.4. The first-order valence-corrected chi connectivity index (χ1v) is 3.30. The van der Waals surface area contributed by atoms with Crippen LogP contribution in [0.2, 0.25) is 0 Å². The summed E-state index contributed by atoms with van der Waals surface area (Å²) in [6.07, 6.45) is -4.80. The molecular formula is C6H4F3N3O2. The average molecular weight is 207 g/mol. The molecule has 1 aromatic rings. The number of hydrogen-bond donors (Lipinski definition) is 1. The Kier molecular flexibility index (Phi) is 2.28. The number of pyridine rings is 1. The molecule has 8 heteroatoms. The molecular weight excluding hydrogens is 203 g/mol. The van der Waals surface area contributed by atoms with Gasteiger partial charge in [-0.2, -0.15) is 13.2 Å². The second kappa shape index (κ2) is 3.13. The van der Waals surface area contributed by atoms with Gasteiger partial charge in [-0.3, -0.25) is 0 Å². The van der Waals surface area contributed by atoms with Gasteiger partial charge in [0.15, 0.2) is 5.56 Å². The Bertz CT molecular complexity index is 377. The van der Waals surface area contributed by atoms with E-state index >= 15 is 0 Å². The maximum absolute atomic E-state index is 12.2. The summed E-state index contributed by atoms with van der Waals surface area (Å²) in [5, 5.41) is 10.2. The Labute approximate surface area is 75.5 Å². The molecule has 0 aliphatic heterocycles. The Morgan fingerprint density at radius 3 is 2.43 bits per heavy atom. The molecule has 0 saturated carbocycles. The van der Waals surface area contributed by atoms with Crippen LogP contribution in [0.25, 0.3) is 0 Å².